The fourth-order valence-corrected chi connectivity index (χ4v) is 4.89. The zero-order valence-electron chi connectivity index (χ0n) is 16.1. The number of likely N-dealkylation sites (tertiary alicyclic amines) is 1. The monoisotopic (exact) mass is 425 g/mol. The first kappa shape index (κ1) is 19.9. The largest absolute Gasteiger partial charge is 0.342 e. The second-order valence-electron chi connectivity index (χ2n) is 7.08. The fourth-order valence-electron chi connectivity index (χ4n) is 3.43. The first-order valence-corrected chi connectivity index (χ1v) is 11.8. The minimum atomic E-state index is -0.124. The van der Waals surface area contributed by atoms with E-state index in [0.29, 0.717) is 10.9 Å². The Labute approximate surface area is 178 Å². The Morgan fingerprint density at radius 3 is 2.66 bits per heavy atom. The summed E-state index contributed by atoms with van der Waals surface area (Å²) in [5.41, 5.74) is 1.88. The number of carbonyl (C=O) groups excluding carboxylic acids is 2. The molecule has 1 N–H and O–H groups in total. The average molecular weight is 426 g/mol. The Morgan fingerprint density at radius 1 is 1.03 bits per heavy atom. The second-order valence-corrected chi connectivity index (χ2v) is 8.93. The highest BCUT2D eigenvalue weighted by Gasteiger charge is 2.17. The van der Waals surface area contributed by atoms with E-state index >= 15 is 0 Å². The predicted octanol–water partition coefficient (Wildman–Crippen LogP) is 4.65. The lowest BCUT2D eigenvalue weighted by atomic mass is 10.1. The van der Waals surface area contributed by atoms with Gasteiger partial charge in [-0.25, -0.2) is 4.98 Å². The van der Waals surface area contributed by atoms with Crippen LogP contribution in [0.3, 0.4) is 0 Å². The standard InChI is InChI=1S/C22H23N3O2S2/c26-20(14-28-15-21(27)25-10-4-1-5-11-25)24-22-23-19(13-29-22)18-9-8-16-6-2-3-7-17(16)12-18/h2-3,6-9,12-13H,1,4-5,10-11,14-15H2,(H,23,24,26). The summed E-state index contributed by atoms with van der Waals surface area (Å²) >= 11 is 2.77. The molecule has 3 aromatic rings. The zero-order chi connectivity index (χ0) is 20.1. The maximum atomic E-state index is 12.2. The van der Waals surface area contributed by atoms with Crippen LogP contribution in [0.15, 0.2) is 47.8 Å². The van der Waals surface area contributed by atoms with Gasteiger partial charge in [-0.05, 0) is 36.1 Å². The van der Waals surface area contributed by atoms with Crippen molar-refractivity contribution in [1.29, 1.82) is 0 Å². The Bertz CT molecular complexity index is 1010. The molecule has 5 nitrogen and oxygen atoms in total. The number of hydrogen-bond donors (Lipinski definition) is 1. The SMILES string of the molecule is O=C(CSCC(=O)N1CCCCC1)Nc1nc(-c2ccc3ccccc3c2)cs1. The zero-order valence-corrected chi connectivity index (χ0v) is 17.7. The minimum Gasteiger partial charge on any atom is -0.342 e. The molecule has 1 aliphatic rings. The number of nitrogens with one attached hydrogen (secondary N) is 1. The third-order valence-corrected chi connectivity index (χ3v) is 6.64. The smallest absolute Gasteiger partial charge is 0.236 e. The van der Waals surface area contributed by atoms with Crippen LogP contribution < -0.4 is 5.32 Å². The topological polar surface area (TPSA) is 62.3 Å². The number of carbonyl (C=O) groups is 2. The molecule has 2 heterocycles. The molecule has 0 spiro atoms. The first-order valence-electron chi connectivity index (χ1n) is 9.79. The molecule has 29 heavy (non-hydrogen) atoms. The Hall–Kier alpha value is -2.38. The highest BCUT2D eigenvalue weighted by Crippen LogP contribution is 2.27. The quantitative estimate of drug-likeness (QED) is 0.625. The van der Waals surface area contributed by atoms with E-state index in [1.165, 1.54) is 40.3 Å². The van der Waals surface area contributed by atoms with Gasteiger partial charge in [-0.1, -0.05) is 36.4 Å². The van der Waals surface area contributed by atoms with Gasteiger partial charge < -0.3 is 10.2 Å². The van der Waals surface area contributed by atoms with E-state index in [0.717, 1.165) is 37.2 Å². The van der Waals surface area contributed by atoms with Gasteiger partial charge in [-0.3, -0.25) is 9.59 Å². The molecule has 1 aliphatic heterocycles. The van der Waals surface area contributed by atoms with Gasteiger partial charge in [0, 0.05) is 24.0 Å². The van der Waals surface area contributed by atoms with Crippen LogP contribution in [0.2, 0.25) is 0 Å². The van der Waals surface area contributed by atoms with Crippen LogP contribution in [0.1, 0.15) is 19.3 Å². The van der Waals surface area contributed by atoms with Gasteiger partial charge in [0.05, 0.1) is 17.2 Å². The number of anilines is 1. The molecule has 0 bridgehead atoms. The van der Waals surface area contributed by atoms with E-state index in [1.807, 2.05) is 28.5 Å². The van der Waals surface area contributed by atoms with E-state index in [9.17, 15) is 9.59 Å². The molecular formula is C22H23N3O2S2. The molecule has 0 aliphatic carbocycles. The van der Waals surface area contributed by atoms with Crippen molar-refractivity contribution in [2.75, 3.05) is 29.9 Å². The molecule has 1 aromatic heterocycles. The van der Waals surface area contributed by atoms with E-state index < -0.39 is 0 Å². The highest BCUT2D eigenvalue weighted by atomic mass is 32.2. The van der Waals surface area contributed by atoms with E-state index in [4.69, 9.17) is 0 Å². The van der Waals surface area contributed by atoms with Gasteiger partial charge in [0.25, 0.3) is 0 Å². The molecular weight excluding hydrogens is 402 g/mol. The molecule has 0 unspecified atom stereocenters. The van der Waals surface area contributed by atoms with Crippen LogP contribution in [0.25, 0.3) is 22.0 Å². The number of fused-ring (bicyclic) bond motifs is 1. The van der Waals surface area contributed by atoms with Crippen LogP contribution >= 0.6 is 23.1 Å². The molecule has 7 heteroatoms. The van der Waals surface area contributed by atoms with Crippen molar-refractivity contribution in [3.05, 3.63) is 47.8 Å². The normalized spacial score (nSPS) is 14.1. The van der Waals surface area contributed by atoms with Crippen LogP contribution in [0.4, 0.5) is 5.13 Å². The molecule has 150 valence electrons. The summed E-state index contributed by atoms with van der Waals surface area (Å²) in [6, 6.07) is 14.4. The third-order valence-electron chi connectivity index (χ3n) is 4.96. The molecule has 0 atom stereocenters. The molecule has 0 saturated carbocycles. The first-order chi connectivity index (χ1) is 14.2. The number of hydrogen-bond acceptors (Lipinski definition) is 5. The van der Waals surface area contributed by atoms with E-state index in [2.05, 4.69) is 34.6 Å². The Kier molecular flexibility index (Phi) is 6.46. The lowest BCUT2D eigenvalue weighted by Crippen LogP contribution is -2.37. The van der Waals surface area contributed by atoms with Gasteiger partial charge in [-0.15, -0.1) is 23.1 Å². The number of benzene rings is 2. The predicted molar refractivity (Wildman–Crippen MR) is 121 cm³/mol. The summed E-state index contributed by atoms with van der Waals surface area (Å²) in [6.07, 6.45) is 3.37. The number of aromatic nitrogens is 1. The van der Waals surface area contributed by atoms with Gasteiger partial charge in [0.2, 0.25) is 11.8 Å². The summed E-state index contributed by atoms with van der Waals surface area (Å²) < 4.78 is 0. The van der Waals surface area contributed by atoms with Crippen molar-refractivity contribution in [3.63, 3.8) is 0 Å². The minimum absolute atomic E-state index is 0.124. The van der Waals surface area contributed by atoms with Crippen molar-refractivity contribution < 1.29 is 9.59 Å². The lowest BCUT2D eigenvalue weighted by molar-refractivity contribution is -0.129. The number of nitrogens with zero attached hydrogens (tertiary/aromatic N) is 2. The van der Waals surface area contributed by atoms with Crippen molar-refractivity contribution in [2.24, 2.45) is 0 Å². The molecule has 2 amide bonds. The summed E-state index contributed by atoms with van der Waals surface area (Å²) in [7, 11) is 0. The number of thiazole rings is 1. The maximum absolute atomic E-state index is 12.2. The van der Waals surface area contributed by atoms with Gasteiger partial charge in [0.15, 0.2) is 5.13 Å². The average Bonchev–Trinajstić information content (AvgIpc) is 3.22. The van der Waals surface area contributed by atoms with Crippen LogP contribution in [-0.2, 0) is 9.59 Å². The lowest BCUT2D eigenvalue weighted by Gasteiger charge is -2.26. The highest BCUT2D eigenvalue weighted by molar-refractivity contribution is 8.00. The summed E-state index contributed by atoms with van der Waals surface area (Å²) in [5, 5.41) is 7.74. The summed E-state index contributed by atoms with van der Waals surface area (Å²) in [4.78, 5) is 30.8. The van der Waals surface area contributed by atoms with Crippen molar-refractivity contribution in [1.82, 2.24) is 9.88 Å². The Balaban J connectivity index is 1.29. The Morgan fingerprint density at radius 2 is 1.83 bits per heavy atom. The van der Waals surface area contributed by atoms with Crippen LogP contribution in [0.5, 0.6) is 0 Å². The van der Waals surface area contributed by atoms with Crippen molar-refractivity contribution in [3.8, 4) is 11.3 Å². The molecule has 1 saturated heterocycles. The number of amides is 2. The third kappa shape index (κ3) is 5.16. The molecule has 4 rings (SSSR count). The fraction of sp³-hybridized carbons (Fsp3) is 0.318. The van der Waals surface area contributed by atoms with Crippen LogP contribution in [0, 0.1) is 0 Å². The van der Waals surface area contributed by atoms with Crippen LogP contribution in [-0.4, -0.2) is 46.3 Å². The van der Waals surface area contributed by atoms with E-state index in [1.54, 1.807) is 0 Å². The maximum Gasteiger partial charge on any atom is 0.236 e. The van der Waals surface area contributed by atoms with Gasteiger partial charge in [0.1, 0.15) is 0 Å². The number of piperidine rings is 1. The number of thioether (sulfide) groups is 1. The molecule has 1 fully saturated rings. The summed E-state index contributed by atoms with van der Waals surface area (Å²) in [6.45, 7) is 1.70. The summed E-state index contributed by atoms with van der Waals surface area (Å²) in [5.74, 6) is 0.620. The van der Waals surface area contributed by atoms with Gasteiger partial charge in [-0.2, -0.15) is 0 Å². The van der Waals surface area contributed by atoms with Crippen molar-refractivity contribution >= 4 is 50.8 Å². The van der Waals surface area contributed by atoms with Crippen molar-refractivity contribution in [2.45, 2.75) is 19.3 Å². The second kappa shape index (κ2) is 9.41. The van der Waals surface area contributed by atoms with Gasteiger partial charge >= 0.3 is 0 Å². The number of rotatable bonds is 6. The van der Waals surface area contributed by atoms with E-state index in [-0.39, 0.29) is 17.6 Å². The molecule has 0 radical (unpaired) electrons. The molecule has 2 aromatic carbocycles.